The summed E-state index contributed by atoms with van der Waals surface area (Å²) in [5.74, 6) is 2.78. The van der Waals surface area contributed by atoms with Crippen molar-refractivity contribution >= 4 is 28.2 Å². The molecule has 0 saturated carbocycles. The Bertz CT molecular complexity index is 1090. The third kappa shape index (κ3) is 4.27. The van der Waals surface area contributed by atoms with E-state index in [1.165, 1.54) is 0 Å². The van der Waals surface area contributed by atoms with E-state index < -0.39 is 0 Å². The summed E-state index contributed by atoms with van der Waals surface area (Å²) >= 11 is 0. The molecule has 0 radical (unpaired) electrons. The number of nitrogens with one attached hydrogen (secondary N) is 1. The molecule has 2 saturated heterocycles. The minimum atomic E-state index is 0.321. The highest BCUT2D eigenvalue weighted by Gasteiger charge is 2.23. The highest BCUT2D eigenvalue weighted by Crippen LogP contribution is 2.31. The van der Waals surface area contributed by atoms with Gasteiger partial charge < -0.3 is 24.6 Å². The molecule has 1 atom stereocenters. The normalized spacial score (nSPS) is 19.2. The molecule has 0 spiro atoms. The Balaban J connectivity index is 1.35. The van der Waals surface area contributed by atoms with Crippen LogP contribution in [0.25, 0.3) is 10.9 Å². The second-order valence-electron chi connectivity index (χ2n) is 8.43. The van der Waals surface area contributed by atoms with E-state index in [0.717, 1.165) is 91.9 Å². The zero-order valence-corrected chi connectivity index (χ0v) is 18.8. The highest BCUT2D eigenvalue weighted by atomic mass is 16.5. The van der Waals surface area contributed by atoms with Gasteiger partial charge >= 0.3 is 0 Å². The fourth-order valence-corrected chi connectivity index (χ4v) is 4.63. The van der Waals surface area contributed by atoms with Gasteiger partial charge in [-0.05, 0) is 31.9 Å². The lowest BCUT2D eigenvalue weighted by atomic mass is 10.0. The predicted molar refractivity (Wildman–Crippen MR) is 127 cm³/mol. The lowest BCUT2D eigenvalue weighted by Gasteiger charge is -2.35. The van der Waals surface area contributed by atoms with Crippen LogP contribution in [0.5, 0.6) is 5.75 Å². The summed E-state index contributed by atoms with van der Waals surface area (Å²) in [6, 6.07) is 10.6. The summed E-state index contributed by atoms with van der Waals surface area (Å²) in [4.78, 5) is 18.4. The number of hydrogen-bond donors (Lipinski definition) is 1. The van der Waals surface area contributed by atoms with Gasteiger partial charge in [0.2, 0.25) is 0 Å². The van der Waals surface area contributed by atoms with Crippen LogP contribution in [0.2, 0.25) is 0 Å². The number of methoxy groups -OCH3 is 1. The number of aryl methyl sites for hydroxylation is 1. The van der Waals surface area contributed by atoms with Crippen LogP contribution in [0.3, 0.4) is 0 Å². The minimum absolute atomic E-state index is 0.321. The molecule has 1 unspecified atom stereocenters. The van der Waals surface area contributed by atoms with Crippen LogP contribution in [0, 0.1) is 6.92 Å². The Kier molecular flexibility index (Phi) is 5.94. The molecule has 5 rings (SSSR count). The monoisotopic (exact) mass is 434 g/mol. The maximum atomic E-state index is 5.54. The van der Waals surface area contributed by atoms with Gasteiger partial charge in [-0.3, -0.25) is 0 Å². The SMILES string of the molecule is COc1cccc2c(NC3CCCN(c4cc(N5CCOCC5)ncn4)C3)cc(C)nc12. The van der Waals surface area contributed by atoms with E-state index >= 15 is 0 Å². The summed E-state index contributed by atoms with van der Waals surface area (Å²) in [6.45, 7) is 7.17. The molecule has 2 fully saturated rings. The van der Waals surface area contributed by atoms with Crippen molar-refractivity contribution in [2.45, 2.75) is 25.8 Å². The third-order valence-corrected chi connectivity index (χ3v) is 6.23. The molecule has 0 amide bonds. The van der Waals surface area contributed by atoms with E-state index in [0.29, 0.717) is 6.04 Å². The summed E-state index contributed by atoms with van der Waals surface area (Å²) in [6.07, 6.45) is 3.91. The quantitative estimate of drug-likeness (QED) is 0.656. The number of ether oxygens (including phenoxy) is 2. The highest BCUT2D eigenvalue weighted by molar-refractivity contribution is 5.95. The molecule has 2 aromatic heterocycles. The van der Waals surface area contributed by atoms with Crippen LogP contribution < -0.4 is 19.9 Å². The maximum absolute atomic E-state index is 5.54. The van der Waals surface area contributed by atoms with Crippen LogP contribution in [0.4, 0.5) is 17.3 Å². The van der Waals surface area contributed by atoms with Gasteiger partial charge in [-0.15, -0.1) is 0 Å². The van der Waals surface area contributed by atoms with Gasteiger partial charge in [0.15, 0.2) is 0 Å². The van der Waals surface area contributed by atoms with Crippen LogP contribution in [0.1, 0.15) is 18.5 Å². The number of piperidine rings is 1. The Labute approximate surface area is 188 Å². The predicted octanol–water partition coefficient (Wildman–Crippen LogP) is 3.26. The molecule has 8 nitrogen and oxygen atoms in total. The molecule has 2 aliphatic heterocycles. The van der Waals surface area contributed by atoms with Crippen LogP contribution >= 0.6 is 0 Å². The molecular weight excluding hydrogens is 404 g/mol. The van der Waals surface area contributed by atoms with Gasteiger partial charge in [-0.2, -0.15) is 0 Å². The van der Waals surface area contributed by atoms with Gasteiger partial charge in [-0.1, -0.05) is 12.1 Å². The number of fused-ring (bicyclic) bond motifs is 1. The Morgan fingerprint density at radius 2 is 1.88 bits per heavy atom. The fourth-order valence-electron chi connectivity index (χ4n) is 4.63. The second-order valence-corrected chi connectivity index (χ2v) is 8.43. The Morgan fingerprint density at radius 1 is 1.06 bits per heavy atom. The van der Waals surface area contributed by atoms with Gasteiger partial charge in [-0.25, -0.2) is 15.0 Å². The van der Waals surface area contributed by atoms with E-state index in [9.17, 15) is 0 Å². The molecule has 32 heavy (non-hydrogen) atoms. The third-order valence-electron chi connectivity index (χ3n) is 6.23. The summed E-state index contributed by atoms with van der Waals surface area (Å²) in [5.41, 5.74) is 2.98. The van der Waals surface area contributed by atoms with E-state index in [-0.39, 0.29) is 0 Å². The zero-order chi connectivity index (χ0) is 21.9. The zero-order valence-electron chi connectivity index (χ0n) is 18.8. The summed E-state index contributed by atoms with van der Waals surface area (Å²) < 4.78 is 11.0. The first kappa shape index (κ1) is 20.8. The van der Waals surface area contributed by atoms with Gasteiger partial charge in [0, 0.05) is 55.1 Å². The van der Waals surface area contributed by atoms with Gasteiger partial charge in [0.05, 0.1) is 20.3 Å². The van der Waals surface area contributed by atoms with Crippen LogP contribution in [0.15, 0.2) is 36.7 Å². The van der Waals surface area contributed by atoms with Crippen LogP contribution in [-0.4, -0.2) is 67.5 Å². The van der Waals surface area contributed by atoms with E-state index in [4.69, 9.17) is 14.5 Å². The van der Waals surface area contributed by atoms with Crippen molar-refractivity contribution < 1.29 is 9.47 Å². The standard InChI is InChI=1S/C24H30N6O2/c1-17-13-20(19-6-3-7-21(31-2)24(19)27-17)28-18-5-4-8-30(15-18)23-14-22(25-16-26-23)29-9-11-32-12-10-29/h3,6-7,13-14,16,18H,4-5,8-12,15H2,1-2H3,(H,27,28). The van der Waals surface area contributed by atoms with Crippen molar-refractivity contribution in [3.8, 4) is 5.75 Å². The maximum Gasteiger partial charge on any atom is 0.145 e. The van der Waals surface area contributed by atoms with Gasteiger partial charge in [0.1, 0.15) is 29.2 Å². The number of aromatic nitrogens is 3. The van der Waals surface area contributed by atoms with Crippen molar-refractivity contribution in [1.29, 1.82) is 0 Å². The number of morpholine rings is 1. The number of rotatable bonds is 5. The molecular formula is C24H30N6O2. The van der Waals surface area contributed by atoms with Gasteiger partial charge in [0.25, 0.3) is 0 Å². The minimum Gasteiger partial charge on any atom is -0.494 e. The lowest BCUT2D eigenvalue weighted by molar-refractivity contribution is 0.122. The Hall–Kier alpha value is -3.13. The first-order valence-corrected chi connectivity index (χ1v) is 11.3. The largest absolute Gasteiger partial charge is 0.494 e. The second kappa shape index (κ2) is 9.16. The number of pyridine rings is 1. The van der Waals surface area contributed by atoms with Crippen molar-refractivity contribution in [2.75, 3.05) is 61.6 Å². The Morgan fingerprint density at radius 3 is 2.69 bits per heavy atom. The topological polar surface area (TPSA) is 75.6 Å². The molecule has 3 aromatic rings. The first-order chi connectivity index (χ1) is 15.7. The summed E-state index contributed by atoms with van der Waals surface area (Å²) in [7, 11) is 1.69. The van der Waals surface area contributed by atoms with E-state index in [1.807, 2.05) is 19.1 Å². The molecule has 2 aliphatic rings. The fraction of sp³-hybridized carbons (Fsp3) is 0.458. The van der Waals surface area contributed by atoms with Crippen molar-refractivity contribution in [1.82, 2.24) is 15.0 Å². The van der Waals surface area contributed by atoms with E-state index in [2.05, 4.69) is 43.3 Å². The number of para-hydroxylation sites is 1. The number of hydrogen-bond acceptors (Lipinski definition) is 8. The molecule has 168 valence electrons. The lowest BCUT2D eigenvalue weighted by Crippen LogP contribution is -2.43. The first-order valence-electron chi connectivity index (χ1n) is 11.3. The summed E-state index contributed by atoms with van der Waals surface area (Å²) in [5, 5.41) is 4.87. The molecule has 4 heterocycles. The smallest absolute Gasteiger partial charge is 0.145 e. The van der Waals surface area contributed by atoms with Crippen molar-refractivity contribution in [3.05, 3.63) is 42.4 Å². The number of anilines is 3. The molecule has 0 bridgehead atoms. The van der Waals surface area contributed by atoms with E-state index in [1.54, 1.807) is 13.4 Å². The molecule has 1 N–H and O–H groups in total. The molecule has 8 heteroatoms. The van der Waals surface area contributed by atoms with Crippen molar-refractivity contribution in [2.24, 2.45) is 0 Å². The van der Waals surface area contributed by atoms with Crippen LogP contribution in [-0.2, 0) is 4.74 Å². The van der Waals surface area contributed by atoms with Crippen molar-refractivity contribution in [3.63, 3.8) is 0 Å². The average molecular weight is 435 g/mol. The number of benzene rings is 1. The number of nitrogens with zero attached hydrogens (tertiary/aromatic N) is 5. The molecule has 0 aliphatic carbocycles. The average Bonchev–Trinajstić information content (AvgIpc) is 2.84. The molecule has 1 aromatic carbocycles.